The Kier molecular flexibility index (Phi) is 4.19. The molecule has 3 aromatic heterocycles. The lowest BCUT2D eigenvalue weighted by molar-refractivity contribution is -0.117. The van der Waals surface area contributed by atoms with Gasteiger partial charge in [-0.15, -0.1) is 0 Å². The second-order valence-electron chi connectivity index (χ2n) is 8.08. The lowest BCUT2D eigenvalue weighted by Crippen LogP contribution is -2.24. The van der Waals surface area contributed by atoms with E-state index in [-0.39, 0.29) is 17.9 Å². The third-order valence-electron chi connectivity index (χ3n) is 5.75. The Balaban J connectivity index is 1.61. The van der Waals surface area contributed by atoms with Crippen LogP contribution in [0, 0.1) is 18.8 Å². The lowest BCUT2D eigenvalue weighted by Gasteiger charge is -2.15. The van der Waals surface area contributed by atoms with E-state index in [1.54, 1.807) is 29.2 Å². The number of rotatable bonds is 5. The van der Waals surface area contributed by atoms with Gasteiger partial charge >= 0.3 is 0 Å². The average molecular weight is 392 g/mol. The van der Waals surface area contributed by atoms with E-state index in [4.69, 9.17) is 0 Å². The van der Waals surface area contributed by atoms with E-state index in [1.165, 1.54) is 0 Å². The van der Waals surface area contributed by atoms with Crippen LogP contribution in [0.15, 0.2) is 41.6 Å². The standard InChI is InChI=1S/C22H21FN4O2/c1-12-4-5-24-10-17(12)15-6-14-9-25-20(26-21(28)16-7-18(16)23)8-19(14)27(22(15)29)11-13-2-3-13/h4-6,8-10,13,16,18H,2-3,7,11H2,1H3,(H,25,26,28). The van der Waals surface area contributed by atoms with E-state index in [1.807, 2.05) is 19.1 Å². The summed E-state index contributed by atoms with van der Waals surface area (Å²) in [6, 6.07) is 5.44. The molecule has 1 amide bonds. The van der Waals surface area contributed by atoms with Crippen molar-refractivity contribution in [2.75, 3.05) is 5.32 Å². The normalized spacial score (nSPS) is 20.6. The number of alkyl halides is 1. The number of fused-ring (bicyclic) bond motifs is 1. The molecule has 5 rings (SSSR count). The van der Waals surface area contributed by atoms with Crippen molar-refractivity contribution < 1.29 is 9.18 Å². The molecule has 0 radical (unpaired) electrons. The SMILES string of the molecule is Cc1ccncc1-c1cc2cnc(NC(=O)C3CC3F)cc2n(CC2CC2)c1=O. The molecule has 0 aliphatic heterocycles. The van der Waals surface area contributed by atoms with Crippen molar-refractivity contribution in [1.82, 2.24) is 14.5 Å². The summed E-state index contributed by atoms with van der Waals surface area (Å²) >= 11 is 0. The van der Waals surface area contributed by atoms with Crippen molar-refractivity contribution in [2.45, 2.75) is 38.9 Å². The fourth-order valence-corrected chi connectivity index (χ4v) is 3.67. The number of hydrogen-bond acceptors (Lipinski definition) is 4. The number of nitrogens with zero attached hydrogens (tertiary/aromatic N) is 3. The van der Waals surface area contributed by atoms with Gasteiger partial charge in [0.1, 0.15) is 12.0 Å². The first-order valence-electron chi connectivity index (χ1n) is 9.91. The first-order chi connectivity index (χ1) is 14.0. The Morgan fingerprint density at radius 2 is 2.07 bits per heavy atom. The maximum Gasteiger partial charge on any atom is 0.258 e. The van der Waals surface area contributed by atoms with E-state index in [2.05, 4.69) is 15.3 Å². The number of aromatic nitrogens is 3. The lowest BCUT2D eigenvalue weighted by atomic mass is 10.0. The minimum Gasteiger partial charge on any atom is -0.310 e. The third kappa shape index (κ3) is 3.41. The molecule has 3 heterocycles. The zero-order valence-corrected chi connectivity index (χ0v) is 16.1. The van der Waals surface area contributed by atoms with Crippen molar-refractivity contribution >= 4 is 22.6 Å². The molecule has 2 atom stereocenters. The number of halogens is 1. The van der Waals surface area contributed by atoms with E-state index >= 15 is 0 Å². The predicted octanol–water partition coefficient (Wildman–Crippen LogP) is 3.47. The topological polar surface area (TPSA) is 76.9 Å². The zero-order chi connectivity index (χ0) is 20.1. The predicted molar refractivity (Wildman–Crippen MR) is 108 cm³/mol. The van der Waals surface area contributed by atoms with Crippen LogP contribution >= 0.6 is 0 Å². The molecule has 2 fully saturated rings. The van der Waals surface area contributed by atoms with Crippen molar-refractivity contribution in [1.29, 1.82) is 0 Å². The molecule has 0 aromatic carbocycles. The summed E-state index contributed by atoms with van der Waals surface area (Å²) in [6.45, 7) is 2.59. The van der Waals surface area contributed by atoms with Gasteiger partial charge in [-0.25, -0.2) is 9.37 Å². The largest absolute Gasteiger partial charge is 0.310 e. The van der Waals surface area contributed by atoms with Gasteiger partial charge in [0.05, 0.1) is 11.4 Å². The molecule has 0 saturated heterocycles. The summed E-state index contributed by atoms with van der Waals surface area (Å²) in [5.41, 5.74) is 3.04. The Morgan fingerprint density at radius 3 is 2.76 bits per heavy atom. The van der Waals surface area contributed by atoms with Crippen LogP contribution < -0.4 is 10.9 Å². The molecule has 2 saturated carbocycles. The minimum atomic E-state index is -1.06. The van der Waals surface area contributed by atoms with Crippen LogP contribution in [0.5, 0.6) is 0 Å². The zero-order valence-electron chi connectivity index (χ0n) is 16.1. The van der Waals surface area contributed by atoms with Gasteiger partial charge in [0.2, 0.25) is 5.91 Å². The van der Waals surface area contributed by atoms with Crippen LogP contribution in [0.1, 0.15) is 24.8 Å². The summed E-state index contributed by atoms with van der Waals surface area (Å²) in [4.78, 5) is 33.9. The van der Waals surface area contributed by atoms with E-state index in [9.17, 15) is 14.0 Å². The van der Waals surface area contributed by atoms with Gasteiger partial charge in [-0.1, -0.05) is 0 Å². The number of carbonyl (C=O) groups is 1. The van der Waals surface area contributed by atoms with Gasteiger partial charge in [0.25, 0.3) is 5.56 Å². The number of anilines is 1. The van der Waals surface area contributed by atoms with Crippen molar-refractivity contribution in [2.24, 2.45) is 11.8 Å². The van der Waals surface area contributed by atoms with E-state index in [0.717, 1.165) is 34.9 Å². The van der Waals surface area contributed by atoms with Gasteiger partial charge in [-0.05, 0) is 49.8 Å². The molecule has 148 valence electrons. The highest BCUT2D eigenvalue weighted by atomic mass is 19.1. The van der Waals surface area contributed by atoms with Crippen LogP contribution in [-0.4, -0.2) is 26.6 Å². The highest BCUT2D eigenvalue weighted by Crippen LogP contribution is 2.35. The molecular formula is C22H21FN4O2. The minimum absolute atomic E-state index is 0.0741. The second-order valence-corrected chi connectivity index (χ2v) is 8.08. The molecule has 29 heavy (non-hydrogen) atoms. The molecule has 0 spiro atoms. The maximum atomic E-state index is 13.4. The number of carbonyl (C=O) groups excluding carboxylic acids is 1. The highest BCUT2D eigenvalue weighted by molar-refractivity contribution is 5.95. The van der Waals surface area contributed by atoms with Crippen molar-refractivity contribution in [3.05, 3.63) is 52.7 Å². The first-order valence-corrected chi connectivity index (χ1v) is 9.91. The smallest absolute Gasteiger partial charge is 0.258 e. The number of pyridine rings is 3. The molecule has 2 aliphatic carbocycles. The molecule has 2 unspecified atom stereocenters. The summed E-state index contributed by atoms with van der Waals surface area (Å²) in [5, 5.41) is 3.50. The Labute approximate surface area is 166 Å². The number of amides is 1. The van der Waals surface area contributed by atoms with Crippen LogP contribution in [0.2, 0.25) is 0 Å². The van der Waals surface area contributed by atoms with Crippen LogP contribution in [0.4, 0.5) is 10.2 Å². The number of aryl methyl sites for hydroxylation is 1. The van der Waals surface area contributed by atoms with Crippen molar-refractivity contribution in [3.63, 3.8) is 0 Å². The monoisotopic (exact) mass is 392 g/mol. The number of hydrogen-bond donors (Lipinski definition) is 1. The van der Waals surface area contributed by atoms with Gasteiger partial charge in [-0.2, -0.15) is 0 Å². The van der Waals surface area contributed by atoms with Crippen molar-refractivity contribution in [3.8, 4) is 11.1 Å². The van der Waals surface area contributed by atoms with Crippen LogP contribution in [0.25, 0.3) is 22.0 Å². The highest BCUT2D eigenvalue weighted by Gasteiger charge is 2.43. The van der Waals surface area contributed by atoms with Gasteiger partial charge in [0, 0.05) is 47.7 Å². The van der Waals surface area contributed by atoms with Crippen LogP contribution in [-0.2, 0) is 11.3 Å². The fourth-order valence-electron chi connectivity index (χ4n) is 3.67. The molecular weight excluding hydrogens is 371 g/mol. The van der Waals surface area contributed by atoms with Gasteiger partial charge in [-0.3, -0.25) is 14.6 Å². The average Bonchev–Trinajstić information content (AvgIpc) is 3.62. The second kappa shape index (κ2) is 6.76. The Hall–Kier alpha value is -3.09. The molecule has 2 aliphatic rings. The first kappa shape index (κ1) is 18.0. The number of nitrogens with one attached hydrogen (secondary N) is 1. The quantitative estimate of drug-likeness (QED) is 0.721. The third-order valence-corrected chi connectivity index (χ3v) is 5.75. The van der Waals surface area contributed by atoms with Gasteiger partial charge in [0.15, 0.2) is 0 Å². The van der Waals surface area contributed by atoms with Crippen LogP contribution in [0.3, 0.4) is 0 Å². The fraction of sp³-hybridized carbons (Fsp3) is 0.364. The van der Waals surface area contributed by atoms with E-state index in [0.29, 0.717) is 23.8 Å². The van der Waals surface area contributed by atoms with E-state index < -0.39 is 12.1 Å². The molecule has 0 bridgehead atoms. The summed E-state index contributed by atoms with van der Waals surface area (Å²) < 4.78 is 14.9. The summed E-state index contributed by atoms with van der Waals surface area (Å²) in [6.07, 6.45) is 6.50. The Morgan fingerprint density at radius 1 is 1.28 bits per heavy atom. The maximum absolute atomic E-state index is 13.4. The Bertz CT molecular complexity index is 1190. The molecule has 7 heteroatoms. The molecule has 3 aromatic rings. The van der Waals surface area contributed by atoms with Gasteiger partial charge < -0.3 is 9.88 Å². The summed E-state index contributed by atoms with van der Waals surface area (Å²) in [7, 11) is 0. The summed E-state index contributed by atoms with van der Waals surface area (Å²) in [5.74, 6) is -0.109. The molecule has 1 N–H and O–H groups in total. The molecule has 6 nitrogen and oxygen atoms in total.